The van der Waals surface area contributed by atoms with Crippen LogP contribution in [0.4, 0.5) is 29.3 Å². The van der Waals surface area contributed by atoms with Gasteiger partial charge < -0.3 is 4.74 Å². The summed E-state index contributed by atoms with van der Waals surface area (Å²) in [4.78, 5) is 34.5. The second kappa shape index (κ2) is 7.58. The molecule has 0 aliphatic heterocycles. The van der Waals surface area contributed by atoms with Crippen LogP contribution in [0.2, 0.25) is 0 Å². The maximum absolute atomic E-state index is 12.8. The van der Waals surface area contributed by atoms with Gasteiger partial charge in [0.25, 0.3) is 11.6 Å². The lowest BCUT2D eigenvalue weighted by atomic mass is 9.95. The minimum absolute atomic E-state index is 0.0798. The number of hydrazine groups is 1. The molecule has 11 heteroatoms. The summed E-state index contributed by atoms with van der Waals surface area (Å²) < 4.78 is 43.0. The summed E-state index contributed by atoms with van der Waals surface area (Å²) in [5.74, 6) is -0.787. The first-order valence-electron chi connectivity index (χ1n) is 7.42. The van der Waals surface area contributed by atoms with E-state index in [0.717, 1.165) is 6.07 Å². The van der Waals surface area contributed by atoms with Crippen molar-refractivity contribution in [1.82, 2.24) is 5.01 Å². The number of amides is 2. The fourth-order valence-corrected chi connectivity index (χ4v) is 1.78. The molecule has 2 amide bonds. The molecule has 144 valence electrons. The number of nitro groups is 1. The minimum atomic E-state index is -4.79. The Morgan fingerprint density at radius 3 is 2.27 bits per heavy atom. The van der Waals surface area contributed by atoms with Gasteiger partial charge in [-0.2, -0.15) is 18.2 Å². The zero-order chi connectivity index (χ0) is 20.3. The predicted molar refractivity (Wildman–Crippen MR) is 85.0 cm³/mol. The van der Waals surface area contributed by atoms with Crippen LogP contribution in [0.1, 0.15) is 33.3 Å². The summed E-state index contributed by atoms with van der Waals surface area (Å²) in [5, 5.41) is 11.5. The zero-order valence-corrected chi connectivity index (χ0v) is 14.5. The van der Waals surface area contributed by atoms with Crippen molar-refractivity contribution in [2.75, 3.05) is 12.0 Å². The highest BCUT2D eigenvalue weighted by molar-refractivity contribution is 5.96. The third-order valence-electron chi connectivity index (χ3n) is 3.05. The number of nitro benzene ring substituents is 1. The molecule has 0 heterocycles. The quantitative estimate of drug-likeness (QED) is 0.629. The molecule has 8 nitrogen and oxygen atoms in total. The van der Waals surface area contributed by atoms with E-state index in [1.165, 1.54) is 27.7 Å². The molecule has 0 radical (unpaired) electrons. The van der Waals surface area contributed by atoms with Gasteiger partial charge in [0.15, 0.2) is 0 Å². The molecule has 0 unspecified atom stereocenters. The number of benzene rings is 1. The number of hydrogen-bond donors (Lipinski definition) is 1. The van der Waals surface area contributed by atoms with E-state index in [2.05, 4.69) is 5.43 Å². The number of alkyl halides is 3. The highest BCUT2D eigenvalue weighted by atomic mass is 19.4. The first-order chi connectivity index (χ1) is 11.8. The Morgan fingerprint density at radius 1 is 1.27 bits per heavy atom. The Labute approximate surface area is 147 Å². The third kappa shape index (κ3) is 5.07. The van der Waals surface area contributed by atoms with Gasteiger partial charge >= 0.3 is 12.3 Å². The maximum Gasteiger partial charge on any atom is 0.436 e. The Hall–Kier alpha value is -2.85. The standard InChI is InChI=1S/C15H18F3N3O5/c1-5-26-13(23)20(12(22)14(2,3)4)19-10-7-6-9(15(16,17)18)8-11(10)21(24)25/h6-8,19H,5H2,1-4H3. The third-order valence-corrected chi connectivity index (χ3v) is 3.05. The SMILES string of the molecule is CCOC(=O)N(Nc1ccc(C(F)(F)F)cc1[N+](=O)[O-])C(=O)C(C)(C)C. The lowest BCUT2D eigenvalue weighted by Crippen LogP contribution is -2.47. The predicted octanol–water partition coefficient (Wildman–Crippen LogP) is 3.97. The normalized spacial score (nSPS) is 11.7. The van der Waals surface area contributed by atoms with E-state index >= 15 is 0 Å². The molecule has 1 N–H and O–H groups in total. The molecular formula is C15H18F3N3O5. The minimum Gasteiger partial charge on any atom is -0.448 e. The Kier molecular flexibility index (Phi) is 6.18. The number of anilines is 1. The largest absolute Gasteiger partial charge is 0.448 e. The van der Waals surface area contributed by atoms with E-state index in [1.54, 1.807) is 0 Å². The molecule has 0 aliphatic carbocycles. The molecule has 0 aliphatic rings. The zero-order valence-electron chi connectivity index (χ0n) is 14.5. The molecular weight excluding hydrogens is 359 g/mol. The Morgan fingerprint density at radius 2 is 1.85 bits per heavy atom. The lowest BCUT2D eigenvalue weighted by molar-refractivity contribution is -0.384. The lowest BCUT2D eigenvalue weighted by Gasteiger charge is -2.27. The smallest absolute Gasteiger partial charge is 0.436 e. The molecule has 1 aromatic carbocycles. The number of carbonyl (C=O) groups is 2. The first kappa shape index (κ1) is 21.2. The Bertz CT molecular complexity index is 713. The fraction of sp³-hybridized carbons (Fsp3) is 0.467. The van der Waals surface area contributed by atoms with Crippen LogP contribution in [0.15, 0.2) is 18.2 Å². The molecule has 1 rings (SSSR count). The van der Waals surface area contributed by atoms with Crippen molar-refractivity contribution in [3.8, 4) is 0 Å². The molecule has 0 spiro atoms. The highest BCUT2D eigenvalue weighted by Crippen LogP contribution is 2.35. The van der Waals surface area contributed by atoms with E-state index in [4.69, 9.17) is 4.74 Å². The maximum atomic E-state index is 12.8. The molecule has 0 fully saturated rings. The number of nitrogens with one attached hydrogen (secondary N) is 1. The van der Waals surface area contributed by atoms with Crippen molar-refractivity contribution < 1.29 is 32.4 Å². The molecule has 0 saturated carbocycles. The summed E-state index contributed by atoms with van der Waals surface area (Å²) >= 11 is 0. The van der Waals surface area contributed by atoms with Crippen LogP contribution in [-0.2, 0) is 15.7 Å². The number of rotatable bonds is 4. The van der Waals surface area contributed by atoms with Gasteiger partial charge in [-0.05, 0) is 19.1 Å². The first-order valence-corrected chi connectivity index (χ1v) is 7.42. The Balaban J connectivity index is 3.36. The van der Waals surface area contributed by atoms with Gasteiger partial charge in [-0.25, -0.2) is 4.79 Å². The van der Waals surface area contributed by atoms with Crippen molar-refractivity contribution in [2.45, 2.75) is 33.9 Å². The van der Waals surface area contributed by atoms with Gasteiger partial charge in [0.05, 0.1) is 17.1 Å². The van der Waals surface area contributed by atoms with E-state index < -0.39 is 45.5 Å². The van der Waals surface area contributed by atoms with Crippen LogP contribution in [0.5, 0.6) is 0 Å². The summed E-state index contributed by atoms with van der Waals surface area (Å²) in [7, 11) is 0. The monoisotopic (exact) mass is 377 g/mol. The number of imide groups is 1. The second-order valence-corrected chi connectivity index (χ2v) is 6.19. The van der Waals surface area contributed by atoms with Gasteiger partial charge in [-0.15, -0.1) is 0 Å². The van der Waals surface area contributed by atoms with Gasteiger partial charge in [0.2, 0.25) is 0 Å². The fourth-order valence-electron chi connectivity index (χ4n) is 1.78. The molecule has 0 aromatic heterocycles. The van der Waals surface area contributed by atoms with E-state index in [0.29, 0.717) is 17.1 Å². The van der Waals surface area contributed by atoms with Crippen LogP contribution in [0, 0.1) is 15.5 Å². The van der Waals surface area contributed by atoms with E-state index in [-0.39, 0.29) is 6.61 Å². The average molecular weight is 377 g/mol. The van der Waals surface area contributed by atoms with Crippen LogP contribution in [0.25, 0.3) is 0 Å². The summed E-state index contributed by atoms with van der Waals surface area (Å²) in [5.41, 5.74) is -1.52. The molecule has 26 heavy (non-hydrogen) atoms. The number of nitrogens with zero attached hydrogens (tertiary/aromatic N) is 2. The van der Waals surface area contributed by atoms with Crippen LogP contribution in [0.3, 0.4) is 0 Å². The topological polar surface area (TPSA) is 102 Å². The summed E-state index contributed by atoms with van der Waals surface area (Å²) in [6, 6.07) is 1.68. The second-order valence-electron chi connectivity index (χ2n) is 6.19. The molecule has 0 bridgehead atoms. The molecule has 0 saturated heterocycles. The van der Waals surface area contributed by atoms with E-state index in [1.807, 2.05) is 0 Å². The molecule has 0 atom stereocenters. The number of ether oxygens (including phenoxy) is 1. The average Bonchev–Trinajstić information content (AvgIpc) is 2.50. The number of halogens is 3. The number of hydrogen-bond acceptors (Lipinski definition) is 6. The highest BCUT2D eigenvalue weighted by Gasteiger charge is 2.36. The summed E-state index contributed by atoms with van der Waals surface area (Å²) in [6.07, 6.45) is -5.92. The van der Waals surface area contributed by atoms with Crippen LogP contribution in [-0.4, -0.2) is 28.5 Å². The van der Waals surface area contributed by atoms with E-state index in [9.17, 15) is 32.9 Å². The van der Waals surface area contributed by atoms with Crippen molar-refractivity contribution in [3.05, 3.63) is 33.9 Å². The van der Waals surface area contributed by atoms with Gasteiger partial charge in [0, 0.05) is 11.5 Å². The number of carbonyl (C=O) groups excluding carboxylic acids is 2. The van der Waals surface area contributed by atoms with Crippen molar-refractivity contribution >= 4 is 23.4 Å². The van der Waals surface area contributed by atoms with Crippen molar-refractivity contribution in [2.24, 2.45) is 5.41 Å². The van der Waals surface area contributed by atoms with Gasteiger partial charge in [-0.1, -0.05) is 20.8 Å². The van der Waals surface area contributed by atoms with Crippen LogP contribution >= 0.6 is 0 Å². The van der Waals surface area contributed by atoms with Crippen LogP contribution < -0.4 is 5.43 Å². The van der Waals surface area contributed by atoms with Gasteiger partial charge in [-0.3, -0.25) is 20.3 Å². The van der Waals surface area contributed by atoms with Crippen molar-refractivity contribution in [1.29, 1.82) is 0 Å². The van der Waals surface area contributed by atoms with Gasteiger partial charge in [0.1, 0.15) is 5.69 Å². The molecule has 1 aromatic rings. The van der Waals surface area contributed by atoms with Crippen molar-refractivity contribution in [3.63, 3.8) is 0 Å². The summed E-state index contributed by atoms with van der Waals surface area (Å²) in [6.45, 7) is 5.88.